The van der Waals surface area contributed by atoms with Crippen LogP contribution in [-0.2, 0) is 14.4 Å². The average Bonchev–Trinajstić information content (AvgIpc) is 2.70. The number of imide groups is 2. The summed E-state index contributed by atoms with van der Waals surface area (Å²) in [7, 11) is 1.35. The Balaban J connectivity index is 1.93. The minimum absolute atomic E-state index is 0.0298. The van der Waals surface area contributed by atoms with Gasteiger partial charge in [-0.2, -0.15) is 0 Å². The number of urea groups is 1. The number of benzene rings is 1. The quantitative estimate of drug-likeness (QED) is 0.519. The summed E-state index contributed by atoms with van der Waals surface area (Å²) in [5, 5.41) is 11.0. The number of nitrogens with zero attached hydrogens (tertiary/aromatic N) is 1. The van der Waals surface area contributed by atoms with Crippen LogP contribution in [0.15, 0.2) is 17.7 Å². The zero-order valence-corrected chi connectivity index (χ0v) is 17.0. The van der Waals surface area contributed by atoms with Gasteiger partial charge in [0.25, 0.3) is 11.8 Å². The third-order valence-electron chi connectivity index (χ3n) is 4.98. The molecule has 160 valence electrons. The van der Waals surface area contributed by atoms with Gasteiger partial charge in [0.05, 0.1) is 12.1 Å². The number of hydrogen-bond acceptors (Lipinski definition) is 6. The van der Waals surface area contributed by atoms with E-state index in [1.807, 2.05) is 0 Å². The number of carbonyl (C=O) groups excluding carboxylic acids is 3. The van der Waals surface area contributed by atoms with Gasteiger partial charge in [0.15, 0.2) is 18.1 Å². The number of nitrogens with one attached hydrogen (secondary N) is 1. The molecule has 2 N–H and O–H groups in total. The topological polar surface area (TPSA) is 122 Å². The van der Waals surface area contributed by atoms with E-state index in [1.165, 1.54) is 25.3 Å². The van der Waals surface area contributed by atoms with Crippen LogP contribution in [-0.4, -0.2) is 53.6 Å². The van der Waals surface area contributed by atoms with E-state index in [9.17, 15) is 19.2 Å². The van der Waals surface area contributed by atoms with Crippen LogP contribution in [0.4, 0.5) is 4.79 Å². The fraction of sp³-hybridized carbons (Fsp3) is 0.400. The third kappa shape index (κ3) is 4.56. The van der Waals surface area contributed by atoms with Gasteiger partial charge in [-0.05, 0) is 36.6 Å². The van der Waals surface area contributed by atoms with Gasteiger partial charge >= 0.3 is 12.0 Å². The van der Waals surface area contributed by atoms with Gasteiger partial charge in [0.1, 0.15) is 5.57 Å². The second-order valence-corrected chi connectivity index (χ2v) is 7.41. The van der Waals surface area contributed by atoms with E-state index in [0.29, 0.717) is 18.4 Å². The van der Waals surface area contributed by atoms with Crippen molar-refractivity contribution in [2.45, 2.75) is 38.1 Å². The maximum Gasteiger partial charge on any atom is 0.341 e. The van der Waals surface area contributed by atoms with Crippen LogP contribution in [0.2, 0.25) is 5.02 Å². The number of carboxylic acid groups (broad SMARTS) is 1. The molecule has 1 saturated heterocycles. The molecule has 1 heterocycles. The summed E-state index contributed by atoms with van der Waals surface area (Å²) in [4.78, 5) is 49.4. The number of barbiturate groups is 1. The number of aliphatic carboxylic acids is 1. The average molecular weight is 437 g/mol. The molecule has 0 bridgehead atoms. The van der Waals surface area contributed by atoms with E-state index >= 15 is 0 Å². The van der Waals surface area contributed by atoms with Crippen molar-refractivity contribution in [3.05, 3.63) is 28.3 Å². The SMILES string of the molecule is COc1cc(C=C2C(=O)NC(=O)N(C3CCCCC3)C2=O)cc(Cl)c1OCC(=O)O. The molecule has 2 aliphatic rings. The molecule has 3 rings (SSSR count). The van der Waals surface area contributed by atoms with E-state index < -0.39 is 30.4 Å². The summed E-state index contributed by atoms with van der Waals surface area (Å²) in [6.45, 7) is -0.615. The predicted octanol–water partition coefficient (Wildman–Crippen LogP) is 2.61. The molecular weight excluding hydrogens is 416 g/mol. The van der Waals surface area contributed by atoms with Gasteiger partial charge in [0, 0.05) is 6.04 Å². The number of ether oxygens (including phenoxy) is 2. The first kappa shape index (κ1) is 21.6. The van der Waals surface area contributed by atoms with Gasteiger partial charge in [-0.15, -0.1) is 0 Å². The molecule has 0 radical (unpaired) electrons. The number of carboxylic acids is 1. The van der Waals surface area contributed by atoms with Gasteiger partial charge in [-0.1, -0.05) is 30.9 Å². The summed E-state index contributed by atoms with van der Waals surface area (Å²) in [5.41, 5.74) is 0.161. The Labute approximate surface area is 177 Å². The molecule has 1 aromatic rings. The molecule has 0 spiro atoms. The van der Waals surface area contributed by atoms with Gasteiger partial charge in [-0.25, -0.2) is 9.59 Å². The zero-order chi connectivity index (χ0) is 21.8. The molecule has 4 amide bonds. The molecule has 9 nitrogen and oxygen atoms in total. The zero-order valence-electron chi connectivity index (χ0n) is 16.3. The number of hydrogen-bond donors (Lipinski definition) is 2. The van der Waals surface area contributed by atoms with E-state index in [0.717, 1.165) is 24.2 Å². The molecule has 1 aromatic carbocycles. The smallest absolute Gasteiger partial charge is 0.341 e. The van der Waals surface area contributed by atoms with Crippen molar-refractivity contribution in [3.63, 3.8) is 0 Å². The maximum atomic E-state index is 13.0. The van der Waals surface area contributed by atoms with Crippen molar-refractivity contribution in [1.29, 1.82) is 0 Å². The lowest BCUT2D eigenvalue weighted by Crippen LogP contribution is -2.58. The fourth-order valence-corrected chi connectivity index (χ4v) is 3.88. The number of rotatable bonds is 6. The Hall–Kier alpha value is -3.07. The van der Waals surface area contributed by atoms with Gasteiger partial charge < -0.3 is 14.6 Å². The van der Waals surface area contributed by atoms with Crippen LogP contribution in [0.1, 0.15) is 37.7 Å². The van der Waals surface area contributed by atoms with Gasteiger partial charge in [-0.3, -0.25) is 19.8 Å². The first-order valence-electron chi connectivity index (χ1n) is 9.44. The Morgan fingerprint density at radius 3 is 2.60 bits per heavy atom. The normalized spacial score (nSPS) is 19.1. The highest BCUT2D eigenvalue weighted by Crippen LogP contribution is 2.37. The number of halogens is 1. The van der Waals surface area contributed by atoms with E-state index in [-0.39, 0.29) is 28.1 Å². The lowest BCUT2D eigenvalue weighted by molar-refractivity contribution is -0.139. The highest BCUT2D eigenvalue weighted by molar-refractivity contribution is 6.33. The molecule has 0 atom stereocenters. The Kier molecular flexibility index (Phi) is 6.61. The monoisotopic (exact) mass is 436 g/mol. The molecule has 1 aliphatic carbocycles. The Bertz CT molecular complexity index is 922. The fourth-order valence-electron chi connectivity index (χ4n) is 3.61. The predicted molar refractivity (Wildman–Crippen MR) is 106 cm³/mol. The Morgan fingerprint density at radius 2 is 1.97 bits per heavy atom. The van der Waals surface area contributed by atoms with Crippen molar-refractivity contribution in [2.24, 2.45) is 0 Å². The first-order valence-corrected chi connectivity index (χ1v) is 9.82. The standard InChI is InChI=1S/C20H21ClN2O7/c1-29-15-9-11(8-14(21)17(15)30-10-16(24)25)7-13-18(26)22-20(28)23(19(13)27)12-5-3-2-4-6-12/h7-9,12H,2-6,10H2,1H3,(H,24,25)(H,22,26,28). The largest absolute Gasteiger partial charge is 0.493 e. The first-order chi connectivity index (χ1) is 14.3. The van der Waals surface area contributed by atoms with E-state index in [1.54, 1.807) is 0 Å². The summed E-state index contributed by atoms with van der Waals surface area (Å²) < 4.78 is 10.3. The molecule has 1 saturated carbocycles. The van der Waals surface area contributed by atoms with Crippen molar-refractivity contribution < 1.29 is 33.8 Å². The molecule has 10 heteroatoms. The minimum atomic E-state index is -1.18. The number of methoxy groups -OCH3 is 1. The second kappa shape index (κ2) is 9.17. The van der Waals surface area contributed by atoms with Crippen LogP contribution in [0, 0.1) is 0 Å². The van der Waals surface area contributed by atoms with Crippen molar-refractivity contribution in [3.8, 4) is 11.5 Å². The van der Waals surface area contributed by atoms with E-state index in [2.05, 4.69) is 5.32 Å². The summed E-state index contributed by atoms with van der Waals surface area (Å²) in [5.74, 6) is -2.46. The van der Waals surface area contributed by atoms with Crippen LogP contribution in [0.25, 0.3) is 6.08 Å². The van der Waals surface area contributed by atoms with Crippen molar-refractivity contribution in [1.82, 2.24) is 10.2 Å². The molecule has 0 aromatic heterocycles. The highest BCUT2D eigenvalue weighted by atomic mass is 35.5. The minimum Gasteiger partial charge on any atom is -0.493 e. The third-order valence-corrected chi connectivity index (χ3v) is 5.26. The number of amides is 4. The Morgan fingerprint density at radius 1 is 1.27 bits per heavy atom. The second-order valence-electron chi connectivity index (χ2n) is 7.00. The van der Waals surface area contributed by atoms with E-state index in [4.69, 9.17) is 26.2 Å². The van der Waals surface area contributed by atoms with Crippen LogP contribution in [0.5, 0.6) is 11.5 Å². The van der Waals surface area contributed by atoms with Crippen molar-refractivity contribution >= 4 is 41.5 Å². The molecule has 30 heavy (non-hydrogen) atoms. The summed E-state index contributed by atoms with van der Waals surface area (Å²) in [6, 6.07) is 1.92. The maximum absolute atomic E-state index is 13.0. The molecule has 2 fully saturated rings. The number of carbonyl (C=O) groups is 4. The van der Waals surface area contributed by atoms with Crippen LogP contribution in [0.3, 0.4) is 0 Å². The molecular formula is C20H21ClN2O7. The van der Waals surface area contributed by atoms with Crippen LogP contribution < -0.4 is 14.8 Å². The summed E-state index contributed by atoms with van der Waals surface area (Å²) in [6.07, 6.45) is 5.61. The van der Waals surface area contributed by atoms with Gasteiger partial charge in [0.2, 0.25) is 0 Å². The highest BCUT2D eigenvalue weighted by Gasteiger charge is 2.40. The summed E-state index contributed by atoms with van der Waals surface area (Å²) >= 11 is 6.18. The lowest BCUT2D eigenvalue weighted by Gasteiger charge is -2.35. The molecule has 0 unspecified atom stereocenters. The lowest BCUT2D eigenvalue weighted by atomic mass is 9.93. The van der Waals surface area contributed by atoms with Crippen molar-refractivity contribution in [2.75, 3.05) is 13.7 Å². The van der Waals surface area contributed by atoms with Crippen LogP contribution >= 0.6 is 11.6 Å². The molecule has 1 aliphatic heterocycles.